The first kappa shape index (κ1) is 16.1. The molecular weight excluding hydrogens is 267 g/mol. The minimum atomic E-state index is -1.24. The lowest BCUT2D eigenvalue weighted by Crippen LogP contribution is -2.52. The van der Waals surface area contributed by atoms with Gasteiger partial charge < -0.3 is 21.3 Å². The van der Waals surface area contributed by atoms with Gasteiger partial charge in [-0.05, 0) is 24.6 Å². The molecule has 0 heterocycles. The summed E-state index contributed by atoms with van der Waals surface area (Å²) in [5.41, 5.74) is 5.98. The van der Waals surface area contributed by atoms with Crippen molar-refractivity contribution in [3.63, 3.8) is 0 Å². The van der Waals surface area contributed by atoms with Crippen LogP contribution in [0.4, 0.5) is 4.39 Å². The van der Waals surface area contributed by atoms with Gasteiger partial charge in [0.25, 0.3) is 0 Å². The van der Waals surface area contributed by atoms with Crippen molar-refractivity contribution in [1.82, 2.24) is 5.32 Å². The number of aliphatic hydroxyl groups is 1. The molecule has 3 atom stereocenters. The molecule has 7 heteroatoms. The number of carboxylic acid groups (broad SMARTS) is 1. The van der Waals surface area contributed by atoms with Crippen LogP contribution in [0, 0.1) is 5.82 Å². The third-order valence-electron chi connectivity index (χ3n) is 2.79. The second-order valence-corrected chi connectivity index (χ2v) is 4.50. The Balaban J connectivity index is 2.72. The molecule has 0 spiro atoms. The van der Waals surface area contributed by atoms with E-state index in [9.17, 15) is 19.1 Å². The van der Waals surface area contributed by atoms with E-state index < -0.39 is 35.9 Å². The predicted molar refractivity (Wildman–Crippen MR) is 69.3 cm³/mol. The minimum absolute atomic E-state index is 0.00607. The van der Waals surface area contributed by atoms with Gasteiger partial charge in [-0.3, -0.25) is 4.79 Å². The molecule has 1 aromatic carbocycles. The number of hydrogen-bond donors (Lipinski definition) is 4. The van der Waals surface area contributed by atoms with E-state index in [-0.39, 0.29) is 6.42 Å². The molecule has 1 unspecified atom stereocenters. The normalized spacial score (nSPS) is 15.2. The highest BCUT2D eigenvalue weighted by atomic mass is 19.1. The monoisotopic (exact) mass is 284 g/mol. The number of carbonyl (C=O) groups is 2. The van der Waals surface area contributed by atoms with Gasteiger partial charge in [0.2, 0.25) is 5.91 Å². The summed E-state index contributed by atoms with van der Waals surface area (Å²) in [6.07, 6.45) is -1.09. The Hall–Kier alpha value is -1.99. The van der Waals surface area contributed by atoms with E-state index in [4.69, 9.17) is 10.8 Å². The molecule has 0 aliphatic heterocycles. The highest BCUT2D eigenvalue weighted by molar-refractivity contribution is 5.87. The van der Waals surface area contributed by atoms with E-state index in [0.717, 1.165) is 0 Å². The first-order valence-corrected chi connectivity index (χ1v) is 6.02. The van der Waals surface area contributed by atoms with E-state index in [2.05, 4.69) is 5.32 Å². The van der Waals surface area contributed by atoms with Crippen LogP contribution < -0.4 is 11.1 Å². The van der Waals surface area contributed by atoms with E-state index >= 15 is 0 Å². The molecule has 1 aromatic rings. The van der Waals surface area contributed by atoms with Crippen molar-refractivity contribution in [2.45, 2.75) is 31.5 Å². The van der Waals surface area contributed by atoms with Crippen molar-refractivity contribution in [2.24, 2.45) is 5.73 Å². The molecule has 0 aliphatic carbocycles. The Kier molecular flexibility index (Phi) is 5.60. The van der Waals surface area contributed by atoms with Crippen molar-refractivity contribution in [3.05, 3.63) is 35.6 Å². The van der Waals surface area contributed by atoms with Crippen molar-refractivity contribution in [2.75, 3.05) is 0 Å². The van der Waals surface area contributed by atoms with Gasteiger partial charge in [0, 0.05) is 6.42 Å². The largest absolute Gasteiger partial charge is 0.480 e. The second kappa shape index (κ2) is 6.97. The molecule has 0 aromatic heterocycles. The number of aliphatic carboxylic acids is 1. The summed E-state index contributed by atoms with van der Waals surface area (Å²) < 4.78 is 12.8. The fraction of sp³-hybridized carbons (Fsp3) is 0.385. The Morgan fingerprint density at radius 1 is 1.35 bits per heavy atom. The van der Waals surface area contributed by atoms with E-state index in [1.54, 1.807) is 0 Å². The molecule has 0 saturated heterocycles. The summed E-state index contributed by atoms with van der Waals surface area (Å²) in [6, 6.07) is 2.88. The van der Waals surface area contributed by atoms with Gasteiger partial charge in [-0.1, -0.05) is 12.1 Å². The second-order valence-electron chi connectivity index (χ2n) is 4.50. The number of nitrogens with two attached hydrogens (primary N) is 1. The number of carbonyl (C=O) groups excluding carboxylic acids is 1. The lowest BCUT2D eigenvalue weighted by molar-refractivity contribution is -0.142. The smallest absolute Gasteiger partial charge is 0.326 e. The first-order chi connectivity index (χ1) is 9.31. The summed E-state index contributed by atoms with van der Waals surface area (Å²) >= 11 is 0. The zero-order valence-corrected chi connectivity index (χ0v) is 10.9. The van der Waals surface area contributed by atoms with Crippen LogP contribution in [-0.4, -0.2) is 40.3 Å². The Bertz CT molecular complexity index is 476. The van der Waals surface area contributed by atoms with E-state index in [1.807, 2.05) is 0 Å². The molecule has 6 nitrogen and oxygen atoms in total. The predicted octanol–water partition coefficient (Wildman–Crippen LogP) is -0.354. The van der Waals surface area contributed by atoms with Crippen molar-refractivity contribution < 1.29 is 24.2 Å². The van der Waals surface area contributed by atoms with Gasteiger partial charge in [-0.25, -0.2) is 9.18 Å². The average molecular weight is 284 g/mol. The number of rotatable bonds is 6. The van der Waals surface area contributed by atoms with Crippen molar-refractivity contribution in [1.29, 1.82) is 0 Å². The zero-order valence-electron chi connectivity index (χ0n) is 10.9. The van der Waals surface area contributed by atoms with E-state index in [1.165, 1.54) is 31.2 Å². The molecule has 1 amide bonds. The molecule has 0 saturated carbocycles. The van der Waals surface area contributed by atoms with Crippen LogP contribution in [0.15, 0.2) is 24.3 Å². The Morgan fingerprint density at radius 2 is 1.90 bits per heavy atom. The molecule has 110 valence electrons. The molecule has 0 aliphatic rings. The third kappa shape index (κ3) is 4.60. The quantitative estimate of drug-likeness (QED) is 0.570. The van der Waals surface area contributed by atoms with Gasteiger partial charge in [0.1, 0.15) is 17.9 Å². The lowest BCUT2D eigenvalue weighted by atomic mass is 10.0. The molecule has 0 radical (unpaired) electrons. The minimum Gasteiger partial charge on any atom is -0.480 e. The van der Waals surface area contributed by atoms with Gasteiger partial charge in [0.15, 0.2) is 0 Å². The number of nitrogens with one attached hydrogen (secondary N) is 1. The molecule has 0 fully saturated rings. The maximum atomic E-state index is 12.8. The zero-order chi connectivity index (χ0) is 15.3. The molecule has 20 heavy (non-hydrogen) atoms. The van der Waals surface area contributed by atoms with Crippen LogP contribution in [0.5, 0.6) is 0 Å². The summed E-state index contributed by atoms with van der Waals surface area (Å²) in [4.78, 5) is 22.7. The van der Waals surface area contributed by atoms with Crippen LogP contribution in [0.25, 0.3) is 0 Å². The highest BCUT2D eigenvalue weighted by Gasteiger charge is 2.25. The summed E-state index contributed by atoms with van der Waals surface area (Å²) in [6.45, 7) is 1.33. The van der Waals surface area contributed by atoms with Crippen molar-refractivity contribution in [3.8, 4) is 0 Å². The maximum Gasteiger partial charge on any atom is 0.326 e. The number of amides is 1. The number of aliphatic hydroxyl groups excluding tert-OH is 1. The summed E-state index contributed by atoms with van der Waals surface area (Å²) in [5, 5.41) is 20.5. The number of hydrogen-bond acceptors (Lipinski definition) is 4. The van der Waals surface area contributed by atoms with Crippen molar-refractivity contribution >= 4 is 11.9 Å². The maximum absolute atomic E-state index is 12.8. The van der Waals surface area contributed by atoms with Crippen LogP contribution in [-0.2, 0) is 16.0 Å². The van der Waals surface area contributed by atoms with Crippen LogP contribution in [0.2, 0.25) is 0 Å². The Labute approximate surface area is 115 Å². The lowest BCUT2D eigenvalue weighted by Gasteiger charge is -2.19. The van der Waals surface area contributed by atoms with Gasteiger partial charge >= 0.3 is 5.97 Å². The average Bonchev–Trinajstić information content (AvgIpc) is 2.39. The van der Waals surface area contributed by atoms with Gasteiger partial charge in [-0.15, -0.1) is 0 Å². The number of carboxylic acids is 1. The molecular formula is C13H17FN2O4. The SMILES string of the molecule is C[C@H](O)[C@@H](N)C(=O)NC(Cc1ccc(F)cc1)C(=O)O. The Morgan fingerprint density at radius 3 is 2.35 bits per heavy atom. The van der Waals surface area contributed by atoms with Crippen LogP contribution >= 0.6 is 0 Å². The van der Waals surface area contributed by atoms with Gasteiger partial charge in [-0.2, -0.15) is 0 Å². The van der Waals surface area contributed by atoms with Crippen LogP contribution in [0.3, 0.4) is 0 Å². The standard InChI is InChI=1S/C13H17FN2O4/c1-7(17)11(15)12(18)16-10(13(19)20)6-8-2-4-9(14)5-3-8/h2-5,7,10-11,17H,6,15H2,1H3,(H,16,18)(H,19,20)/t7-,10?,11+/m0/s1. The highest BCUT2D eigenvalue weighted by Crippen LogP contribution is 2.06. The van der Waals surface area contributed by atoms with Gasteiger partial charge in [0.05, 0.1) is 6.10 Å². The molecule has 5 N–H and O–H groups in total. The topological polar surface area (TPSA) is 113 Å². The fourth-order valence-corrected chi connectivity index (χ4v) is 1.54. The first-order valence-electron chi connectivity index (χ1n) is 6.02. The van der Waals surface area contributed by atoms with E-state index in [0.29, 0.717) is 5.56 Å². The van der Waals surface area contributed by atoms with Crippen LogP contribution in [0.1, 0.15) is 12.5 Å². The molecule has 1 rings (SSSR count). The fourth-order valence-electron chi connectivity index (χ4n) is 1.54. The summed E-state index contributed by atoms with van der Waals surface area (Å²) in [5.74, 6) is -2.42. The number of halogens is 1. The summed E-state index contributed by atoms with van der Waals surface area (Å²) in [7, 11) is 0. The molecule has 0 bridgehead atoms. The third-order valence-corrected chi connectivity index (χ3v) is 2.79. The number of benzene rings is 1.